The van der Waals surface area contributed by atoms with Gasteiger partial charge < -0.3 is 0 Å². The lowest BCUT2D eigenvalue weighted by Gasteiger charge is -2.72. The summed E-state index contributed by atoms with van der Waals surface area (Å²) in [6.07, 6.45) is 4.40. The molecule has 0 aliphatic heterocycles. The Kier molecular flexibility index (Phi) is 1.28. The zero-order valence-electron chi connectivity index (χ0n) is 8.28. The van der Waals surface area contributed by atoms with Gasteiger partial charge in [-0.1, -0.05) is 27.7 Å². The van der Waals surface area contributed by atoms with E-state index in [9.17, 15) is 0 Å². The molecule has 0 nitrogen and oxygen atoms in total. The highest BCUT2D eigenvalue weighted by molar-refractivity contribution is 5.14. The Morgan fingerprint density at radius 1 is 1.09 bits per heavy atom. The van der Waals surface area contributed by atoms with Crippen LogP contribution in [-0.4, -0.2) is 0 Å². The van der Waals surface area contributed by atoms with Crippen LogP contribution in [0.25, 0.3) is 0 Å². The van der Waals surface area contributed by atoms with E-state index in [1.807, 2.05) is 0 Å². The van der Waals surface area contributed by atoms with Crippen LogP contribution in [0.3, 0.4) is 0 Å². The molecule has 0 heterocycles. The first-order valence-electron chi connectivity index (χ1n) is 5.04. The van der Waals surface area contributed by atoms with Crippen LogP contribution in [0.15, 0.2) is 0 Å². The first kappa shape index (κ1) is 7.64. The van der Waals surface area contributed by atoms with Crippen molar-refractivity contribution in [2.45, 2.75) is 47.0 Å². The third-order valence-corrected chi connectivity index (χ3v) is 5.23. The second-order valence-corrected chi connectivity index (χ2v) is 5.28. The van der Waals surface area contributed by atoms with E-state index in [4.69, 9.17) is 0 Å². The Bertz CT molecular complexity index is 180. The molecule has 0 aromatic heterocycles. The molecule has 2 saturated carbocycles. The Morgan fingerprint density at radius 3 is 1.82 bits per heavy atom. The highest BCUT2D eigenvalue weighted by Gasteiger charge is 2.66. The number of hydrogen-bond donors (Lipinski definition) is 0. The van der Waals surface area contributed by atoms with E-state index in [1.54, 1.807) is 0 Å². The monoisotopic (exact) mass is 152 g/mol. The molecule has 3 unspecified atom stereocenters. The highest BCUT2D eigenvalue weighted by Crippen LogP contribution is 2.73. The Morgan fingerprint density at radius 2 is 1.64 bits per heavy atom. The van der Waals surface area contributed by atoms with Gasteiger partial charge >= 0.3 is 0 Å². The molecule has 2 fully saturated rings. The van der Waals surface area contributed by atoms with Crippen LogP contribution in [0.2, 0.25) is 0 Å². The van der Waals surface area contributed by atoms with Crippen molar-refractivity contribution in [3.05, 3.63) is 0 Å². The summed E-state index contributed by atoms with van der Waals surface area (Å²) in [7, 11) is 0. The fourth-order valence-electron chi connectivity index (χ4n) is 3.65. The molecule has 2 aliphatic carbocycles. The normalized spacial score (nSPS) is 52.4. The van der Waals surface area contributed by atoms with E-state index in [0.29, 0.717) is 10.8 Å². The third kappa shape index (κ3) is 0.588. The van der Waals surface area contributed by atoms with Crippen molar-refractivity contribution in [1.82, 2.24) is 0 Å². The van der Waals surface area contributed by atoms with E-state index < -0.39 is 0 Å². The quantitative estimate of drug-likeness (QED) is 0.539. The van der Waals surface area contributed by atoms with Crippen LogP contribution >= 0.6 is 0 Å². The van der Waals surface area contributed by atoms with Crippen LogP contribution in [0.5, 0.6) is 0 Å². The van der Waals surface area contributed by atoms with Crippen LogP contribution < -0.4 is 0 Å². The molecule has 11 heavy (non-hydrogen) atoms. The summed E-state index contributed by atoms with van der Waals surface area (Å²) >= 11 is 0. The van der Waals surface area contributed by atoms with Gasteiger partial charge in [-0.15, -0.1) is 0 Å². The van der Waals surface area contributed by atoms with Crippen molar-refractivity contribution in [3.8, 4) is 0 Å². The summed E-state index contributed by atoms with van der Waals surface area (Å²) in [6.45, 7) is 9.79. The van der Waals surface area contributed by atoms with E-state index in [2.05, 4.69) is 27.7 Å². The van der Waals surface area contributed by atoms with Gasteiger partial charge in [0.2, 0.25) is 0 Å². The summed E-state index contributed by atoms with van der Waals surface area (Å²) in [5.74, 6) is 2.16. The summed E-state index contributed by atoms with van der Waals surface area (Å²) in [4.78, 5) is 0. The van der Waals surface area contributed by atoms with Gasteiger partial charge in [-0.05, 0) is 41.9 Å². The smallest absolute Gasteiger partial charge is 0.0243 e. The molecule has 0 N–H and O–H groups in total. The molecule has 0 amide bonds. The Labute approximate surface area is 70.4 Å². The van der Waals surface area contributed by atoms with E-state index in [1.165, 1.54) is 19.3 Å². The third-order valence-electron chi connectivity index (χ3n) is 5.23. The maximum atomic E-state index is 2.49. The van der Waals surface area contributed by atoms with E-state index in [-0.39, 0.29) is 0 Å². The lowest BCUT2D eigenvalue weighted by atomic mass is 9.33. The largest absolute Gasteiger partial charge is 0.0648 e. The second-order valence-electron chi connectivity index (χ2n) is 5.28. The van der Waals surface area contributed by atoms with Crippen LogP contribution in [0, 0.1) is 22.7 Å². The topological polar surface area (TPSA) is 0 Å². The number of fused-ring (bicyclic) bond motifs is 1. The molecule has 0 aromatic carbocycles. The molecule has 0 heteroatoms. The maximum Gasteiger partial charge on any atom is -0.0243 e. The second kappa shape index (κ2) is 1.84. The molecule has 0 saturated heterocycles. The van der Waals surface area contributed by atoms with Crippen LogP contribution in [0.4, 0.5) is 0 Å². The number of rotatable bonds is 1. The minimum absolute atomic E-state index is 0.644. The summed E-state index contributed by atoms with van der Waals surface area (Å²) in [6, 6.07) is 0. The van der Waals surface area contributed by atoms with Gasteiger partial charge in [0.1, 0.15) is 0 Å². The Balaban J connectivity index is 2.22. The Hall–Kier alpha value is 0. The molecular formula is C11H20. The molecule has 0 bridgehead atoms. The predicted octanol–water partition coefficient (Wildman–Crippen LogP) is 3.47. The fraction of sp³-hybridized carbons (Fsp3) is 1.00. The molecule has 0 aromatic rings. The van der Waals surface area contributed by atoms with Crippen molar-refractivity contribution in [1.29, 1.82) is 0 Å². The fourth-order valence-corrected chi connectivity index (χ4v) is 3.65. The standard InChI is InChI=1S/C11H20/c1-5-11(4)9-7-6-8(9)10(11,2)3/h8-9H,5-7H2,1-4H3. The average molecular weight is 152 g/mol. The lowest BCUT2D eigenvalue weighted by Crippen LogP contribution is -2.65. The molecular weight excluding hydrogens is 132 g/mol. The predicted molar refractivity (Wildman–Crippen MR) is 48.4 cm³/mol. The minimum atomic E-state index is 0.644. The van der Waals surface area contributed by atoms with E-state index in [0.717, 1.165) is 11.8 Å². The lowest BCUT2D eigenvalue weighted by molar-refractivity contribution is -0.236. The molecule has 3 atom stereocenters. The molecule has 0 radical (unpaired) electrons. The van der Waals surface area contributed by atoms with E-state index >= 15 is 0 Å². The summed E-state index contributed by atoms with van der Waals surface area (Å²) in [5, 5.41) is 0. The highest BCUT2D eigenvalue weighted by atomic mass is 14.7. The van der Waals surface area contributed by atoms with Gasteiger partial charge in [0.25, 0.3) is 0 Å². The van der Waals surface area contributed by atoms with Crippen LogP contribution in [0.1, 0.15) is 47.0 Å². The number of hydrogen-bond acceptors (Lipinski definition) is 0. The van der Waals surface area contributed by atoms with Crippen LogP contribution in [-0.2, 0) is 0 Å². The molecule has 2 aliphatic rings. The van der Waals surface area contributed by atoms with Crippen molar-refractivity contribution < 1.29 is 0 Å². The van der Waals surface area contributed by atoms with Gasteiger partial charge in [0.05, 0.1) is 0 Å². The molecule has 64 valence electrons. The van der Waals surface area contributed by atoms with Gasteiger partial charge in [0.15, 0.2) is 0 Å². The zero-order chi connectivity index (χ0) is 8.28. The summed E-state index contributed by atoms with van der Waals surface area (Å²) in [5.41, 5.74) is 1.32. The van der Waals surface area contributed by atoms with Crippen molar-refractivity contribution in [2.24, 2.45) is 22.7 Å². The molecule has 2 rings (SSSR count). The van der Waals surface area contributed by atoms with Crippen molar-refractivity contribution in [2.75, 3.05) is 0 Å². The first-order valence-corrected chi connectivity index (χ1v) is 5.04. The molecule has 0 spiro atoms. The average Bonchev–Trinajstić information content (AvgIpc) is 1.83. The van der Waals surface area contributed by atoms with Crippen molar-refractivity contribution >= 4 is 0 Å². The zero-order valence-corrected chi connectivity index (χ0v) is 8.28. The van der Waals surface area contributed by atoms with Crippen molar-refractivity contribution in [3.63, 3.8) is 0 Å². The maximum absolute atomic E-state index is 2.49. The van der Waals surface area contributed by atoms with Gasteiger partial charge in [-0.25, -0.2) is 0 Å². The SMILES string of the molecule is CCC1(C)C2CCC2C1(C)C. The van der Waals surface area contributed by atoms with Gasteiger partial charge in [-0.3, -0.25) is 0 Å². The van der Waals surface area contributed by atoms with Gasteiger partial charge in [0, 0.05) is 0 Å². The minimum Gasteiger partial charge on any atom is -0.0648 e. The van der Waals surface area contributed by atoms with Gasteiger partial charge in [-0.2, -0.15) is 0 Å². The first-order chi connectivity index (χ1) is 5.04. The summed E-state index contributed by atoms with van der Waals surface area (Å²) < 4.78 is 0.